The molecular formula is C28H23Cl2N3O6. The molecule has 0 aliphatic carbocycles. The van der Waals surface area contributed by atoms with Crippen molar-refractivity contribution in [2.45, 2.75) is 13.8 Å². The molecule has 3 aromatic carbocycles. The number of carbonyl (C=O) groups is 4. The van der Waals surface area contributed by atoms with Gasteiger partial charge in [-0.15, -0.1) is 0 Å². The minimum absolute atomic E-state index is 0.140. The summed E-state index contributed by atoms with van der Waals surface area (Å²) in [6.07, 6.45) is 1.32. The van der Waals surface area contributed by atoms with Gasteiger partial charge in [-0.25, -0.2) is 9.69 Å². The second kappa shape index (κ2) is 12.0. The number of imide groups is 2. The summed E-state index contributed by atoms with van der Waals surface area (Å²) in [5, 5.41) is 5.29. The summed E-state index contributed by atoms with van der Waals surface area (Å²) in [5.41, 5.74) is 2.01. The van der Waals surface area contributed by atoms with Gasteiger partial charge in [-0.05, 0) is 68.0 Å². The van der Waals surface area contributed by atoms with Gasteiger partial charge in [0.15, 0.2) is 18.1 Å². The molecule has 1 saturated heterocycles. The zero-order valence-corrected chi connectivity index (χ0v) is 22.4. The van der Waals surface area contributed by atoms with Gasteiger partial charge in [0, 0.05) is 5.69 Å². The van der Waals surface area contributed by atoms with Crippen LogP contribution in [-0.2, 0) is 14.4 Å². The third kappa shape index (κ3) is 6.57. The van der Waals surface area contributed by atoms with E-state index in [0.29, 0.717) is 29.4 Å². The molecular weight excluding hydrogens is 545 g/mol. The lowest BCUT2D eigenvalue weighted by molar-refractivity contribution is -0.122. The van der Waals surface area contributed by atoms with Crippen LogP contribution in [0.25, 0.3) is 6.08 Å². The first kappa shape index (κ1) is 27.7. The van der Waals surface area contributed by atoms with E-state index in [0.717, 1.165) is 10.5 Å². The highest BCUT2D eigenvalue weighted by Crippen LogP contribution is 2.32. The number of benzene rings is 3. The quantitative estimate of drug-likeness (QED) is 0.279. The third-order valence-electron chi connectivity index (χ3n) is 5.54. The van der Waals surface area contributed by atoms with E-state index < -0.39 is 17.8 Å². The van der Waals surface area contributed by atoms with Crippen LogP contribution in [0.5, 0.6) is 11.5 Å². The SMILES string of the molecule is CCOc1cc(/C=C2\C(=O)NC(=O)N(c3ccc(Cl)c(Cl)c3)C2=O)ccc1OCC(=O)Nc1ccc(C)cc1. The maximum Gasteiger partial charge on any atom is 0.335 e. The number of nitrogens with one attached hydrogen (secondary N) is 2. The Balaban J connectivity index is 1.54. The van der Waals surface area contributed by atoms with E-state index >= 15 is 0 Å². The average Bonchev–Trinajstić information content (AvgIpc) is 2.89. The van der Waals surface area contributed by atoms with Crippen molar-refractivity contribution in [3.8, 4) is 11.5 Å². The highest BCUT2D eigenvalue weighted by atomic mass is 35.5. The largest absolute Gasteiger partial charge is 0.490 e. The number of hydrogen-bond acceptors (Lipinski definition) is 6. The Morgan fingerprint density at radius 3 is 2.38 bits per heavy atom. The van der Waals surface area contributed by atoms with Crippen LogP contribution in [0.4, 0.5) is 16.2 Å². The lowest BCUT2D eigenvalue weighted by Crippen LogP contribution is -2.54. The number of hydrogen-bond donors (Lipinski definition) is 2. The van der Waals surface area contributed by atoms with Crippen LogP contribution < -0.4 is 25.0 Å². The maximum absolute atomic E-state index is 13.2. The van der Waals surface area contributed by atoms with Crippen molar-refractivity contribution in [3.05, 3.63) is 87.4 Å². The molecule has 1 aliphatic rings. The molecule has 0 aromatic heterocycles. The lowest BCUT2D eigenvalue weighted by Gasteiger charge is -2.26. The number of amides is 5. The molecule has 0 spiro atoms. The minimum Gasteiger partial charge on any atom is -0.490 e. The zero-order valence-electron chi connectivity index (χ0n) is 20.9. The van der Waals surface area contributed by atoms with Crippen LogP contribution in [0.15, 0.2) is 66.2 Å². The zero-order chi connectivity index (χ0) is 28.1. The van der Waals surface area contributed by atoms with Gasteiger partial charge < -0.3 is 14.8 Å². The summed E-state index contributed by atoms with van der Waals surface area (Å²) in [5.74, 6) is -1.45. The van der Waals surface area contributed by atoms with Crippen molar-refractivity contribution in [1.82, 2.24) is 5.32 Å². The molecule has 0 bridgehead atoms. The minimum atomic E-state index is -0.914. The third-order valence-corrected chi connectivity index (χ3v) is 6.27. The molecule has 0 unspecified atom stereocenters. The molecule has 0 atom stereocenters. The van der Waals surface area contributed by atoms with Crippen LogP contribution in [0.1, 0.15) is 18.1 Å². The fourth-order valence-electron chi connectivity index (χ4n) is 3.66. The van der Waals surface area contributed by atoms with Crippen LogP contribution in [-0.4, -0.2) is 37.0 Å². The van der Waals surface area contributed by atoms with Crippen molar-refractivity contribution in [3.63, 3.8) is 0 Å². The van der Waals surface area contributed by atoms with Crippen LogP contribution >= 0.6 is 23.2 Å². The molecule has 5 amide bonds. The number of carbonyl (C=O) groups excluding carboxylic acids is 4. The van der Waals surface area contributed by atoms with Gasteiger partial charge in [0.25, 0.3) is 17.7 Å². The predicted octanol–water partition coefficient (Wildman–Crippen LogP) is 5.38. The molecule has 0 radical (unpaired) electrons. The number of aryl methyl sites for hydroxylation is 1. The highest BCUT2D eigenvalue weighted by Gasteiger charge is 2.37. The van der Waals surface area contributed by atoms with Gasteiger partial charge in [-0.2, -0.15) is 0 Å². The molecule has 3 aromatic rings. The summed E-state index contributed by atoms with van der Waals surface area (Å²) in [6, 6.07) is 15.4. The number of barbiturate groups is 1. The fraction of sp³-hybridized carbons (Fsp3) is 0.143. The van der Waals surface area contributed by atoms with E-state index in [9.17, 15) is 19.2 Å². The Morgan fingerprint density at radius 2 is 1.69 bits per heavy atom. The van der Waals surface area contributed by atoms with Crippen molar-refractivity contribution >= 4 is 64.4 Å². The topological polar surface area (TPSA) is 114 Å². The van der Waals surface area contributed by atoms with Crippen LogP contribution in [0.3, 0.4) is 0 Å². The first-order valence-electron chi connectivity index (χ1n) is 11.8. The van der Waals surface area contributed by atoms with Gasteiger partial charge >= 0.3 is 6.03 Å². The van der Waals surface area contributed by atoms with Gasteiger partial charge in [0.1, 0.15) is 5.57 Å². The Bertz CT molecular complexity index is 1490. The van der Waals surface area contributed by atoms with E-state index in [-0.39, 0.29) is 33.8 Å². The number of anilines is 2. The van der Waals surface area contributed by atoms with Gasteiger partial charge in [0.05, 0.1) is 22.3 Å². The second-order valence-electron chi connectivity index (χ2n) is 8.40. The van der Waals surface area contributed by atoms with Crippen molar-refractivity contribution in [2.75, 3.05) is 23.4 Å². The van der Waals surface area contributed by atoms with E-state index in [1.807, 2.05) is 19.1 Å². The summed E-state index contributed by atoms with van der Waals surface area (Å²) in [6.45, 7) is 3.75. The molecule has 200 valence electrons. The molecule has 1 aliphatic heterocycles. The predicted molar refractivity (Wildman–Crippen MR) is 148 cm³/mol. The number of rotatable bonds is 8. The lowest BCUT2D eigenvalue weighted by atomic mass is 10.1. The fourth-order valence-corrected chi connectivity index (χ4v) is 3.95. The number of nitrogens with zero attached hydrogens (tertiary/aromatic N) is 1. The summed E-state index contributed by atoms with van der Waals surface area (Å²) >= 11 is 12.0. The van der Waals surface area contributed by atoms with Crippen molar-refractivity contribution in [2.24, 2.45) is 0 Å². The summed E-state index contributed by atoms with van der Waals surface area (Å²) in [7, 11) is 0. The molecule has 1 fully saturated rings. The number of urea groups is 1. The van der Waals surface area contributed by atoms with Gasteiger partial charge in [-0.1, -0.05) is 47.0 Å². The molecule has 39 heavy (non-hydrogen) atoms. The van der Waals surface area contributed by atoms with Crippen molar-refractivity contribution in [1.29, 1.82) is 0 Å². The standard InChI is InChI=1S/C28H23Cl2N3O6/c1-3-38-24-13-17(6-11-23(24)39-15-25(34)31-18-7-4-16(2)5-8-18)12-20-26(35)32-28(37)33(27(20)36)19-9-10-21(29)22(30)14-19/h4-14H,3,15H2,1-2H3,(H,31,34)(H,32,35,37)/b20-12+. The smallest absolute Gasteiger partial charge is 0.335 e. The first-order chi connectivity index (χ1) is 18.7. The van der Waals surface area contributed by atoms with E-state index in [1.54, 1.807) is 37.3 Å². The Kier molecular flexibility index (Phi) is 8.53. The molecule has 4 rings (SSSR count). The van der Waals surface area contributed by atoms with E-state index in [4.69, 9.17) is 32.7 Å². The molecule has 9 nitrogen and oxygen atoms in total. The monoisotopic (exact) mass is 567 g/mol. The first-order valence-corrected chi connectivity index (χ1v) is 12.5. The van der Waals surface area contributed by atoms with Gasteiger partial charge in [-0.3, -0.25) is 19.7 Å². The molecule has 2 N–H and O–H groups in total. The Morgan fingerprint density at radius 1 is 0.949 bits per heavy atom. The van der Waals surface area contributed by atoms with Crippen molar-refractivity contribution < 1.29 is 28.7 Å². The Hall–Kier alpha value is -4.34. The normalized spacial score (nSPS) is 14.3. The Labute approximate surface area is 234 Å². The van der Waals surface area contributed by atoms with E-state index in [2.05, 4.69) is 10.6 Å². The highest BCUT2D eigenvalue weighted by molar-refractivity contribution is 6.43. The van der Waals surface area contributed by atoms with E-state index in [1.165, 1.54) is 24.3 Å². The van der Waals surface area contributed by atoms with Crippen LogP contribution in [0.2, 0.25) is 10.0 Å². The summed E-state index contributed by atoms with van der Waals surface area (Å²) < 4.78 is 11.3. The number of halogens is 2. The summed E-state index contributed by atoms with van der Waals surface area (Å²) in [4.78, 5) is 51.3. The molecule has 1 heterocycles. The number of ether oxygens (including phenoxy) is 2. The molecule has 11 heteroatoms. The van der Waals surface area contributed by atoms with Crippen LogP contribution in [0, 0.1) is 6.92 Å². The molecule has 0 saturated carbocycles. The average molecular weight is 568 g/mol. The second-order valence-corrected chi connectivity index (χ2v) is 9.21. The van der Waals surface area contributed by atoms with Gasteiger partial charge in [0.2, 0.25) is 0 Å². The maximum atomic E-state index is 13.2.